The van der Waals surface area contributed by atoms with Crippen LogP contribution in [0.25, 0.3) is 43.4 Å². The summed E-state index contributed by atoms with van der Waals surface area (Å²) in [5.74, 6) is 0.116. The van der Waals surface area contributed by atoms with Crippen LogP contribution in [0.4, 0.5) is 0 Å². The third kappa shape index (κ3) is 0.944. The van der Waals surface area contributed by atoms with Crippen molar-refractivity contribution in [3.05, 3.63) is 54.6 Å². The number of hydrogen-bond donors (Lipinski definition) is 0. The molecule has 5 rings (SSSR count). The summed E-state index contributed by atoms with van der Waals surface area (Å²) in [5, 5.41) is 19.1. The Kier molecular flexibility index (Phi) is 1.43. The third-order valence-electron chi connectivity index (χ3n) is 4.25. The minimum absolute atomic E-state index is 0.116. The first-order valence-electron chi connectivity index (χ1n) is 6.43. The van der Waals surface area contributed by atoms with Crippen molar-refractivity contribution in [2.45, 2.75) is 0 Å². The van der Waals surface area contributed by atoms with Crippen LogP contribution in [-0.4, -0.2) is 0 Å². The van der Waals surface area contributed by atoms with Crippen molar-refractivity contribution in [1.29, 1.82) is 0 Å². The Hall–Kier alpha value is -2.54. The van der Waals surface area contributed by atoms with Crippen LogP contribution in [0.3, 0.4) is 0 Å². The SMILES string of the molecule is [O]c1ccc2c3c1ccc1ccc4cccc-2c4c13. The first kappa shape index (κ1) is 9.40. The first-order valence-corrected chi connectivity index (χ1v) is 6.43. The van der Waals surface area contributed by atoms with Gasteiger partial charge in [-0.1, -0.05) is 36.4 Å². The highest BCUT2D eigenvalue weighted by Gasteiger charge is 2.21. The van der Waals surface area contributed by atoms with E-state index < -0.39 is 0 Å². The lowest BCUT2D eigenvalue weighted by Crippen LogP contribution is -1.76. The van der Waals surface area contributed by atoms with Gasteiger partial charge in [-0.15, -0.1) is 0 Å². The van der Waals surface area contributed by atoms with Crippen LogP contribution in [-0.2, 0) is 5.11 Å². The highest BCUT2D eigenvalue weighted by molar-refractivity contribution is 6.33. The number of rotatable bonds is 0. The molecule has 1 nitrogen and oxygen atoms in total. The van der Waals surface area contributed by atoms with Gasteiger partial charge < -0.3 is 0 Å². The molecular weight excluding hydrogens is 232 g/mol. The van der Waals surface area contributed by atoms with Gasteiger partial charge in [-0.05, 0) is 50.9 Å². The minimum Gasteiger partial charge on any atom is -0.289 e. The van der Waals surface area contributed by atoms with Crippen LogP contribution in [0, 0.1) is 0 Å². The summed E-state index contributed by atoms with van der Waals surface area (Å²) >= 11 is 0. The van der Waals surface area contributed by atoms with Crippen molar-refractivity contribution in [3.8, 4) is 16.9 Å². The molecule has 87 valence electrons. The lowest BCUT2D eigenvalue weighted by atomic mass is 10.0. The molecule has 0 aliphatic heterocycles. The summed E-state index contributed by atoms with van der Waals surface area (Å²) in [5.41, 5.74) is 2.46. The van der Waals surface area contributed by atoms with Gasteiger partial charge in [0.1, 0.15) is 0 Å². The average molecular weight is 241 g/mol. The molecule has 0 unspecified atom stereocenters. The van der Waals surface area contributed by atoms with E-state index in [0.29, 0.717) is 0 Å². The maximum absolute atomic E-state index is 12.1. The molecule has 0 fully saturated rings. The fraction of sp³-hybridized carbons (Fsp3) is 0. The number of fused-ring (bicyclic) bond motifs is 1. The van der Waals surface area contributed by atoms with Crippen molar-refractivity contribution in [2.24, 2.45) is 0 Å². The smallest absolute Gasteiger partial charge is 0.186 e. The molecule has 0 N–H and O–H groups in total. The molecule has 0 heterocycles. The Morgan fingerprint density at radius 1 is 0.579 bits per heavy atom. The molecule has 1 aliphatic carbocycles. The number of hydrogen-bond acceptors (Lipinski definition) is 0. The quantitative estimate of drug-likeness (QED) is 0.329. The molecule has 0 aromatic heterocycles. The summed E-state index contributed by atoms with van der Waals surface area (Å²) < 4.78 is 0. The van der Waals surface area contributed by atoms with Crippen molar-refractivity contribution in [1.82, 2.24) is 0 Å². The molecule has 0 amide bonds. The highest BCUT2D eigenvalue weighted by Crippen LogP contribution is 2.49. The monoisotopic (exact) mass is 241 g/mol. The molecule has 0 atom stereocenters. The van der Waals surface area contributed by atoms with Gasteiger partial charge in [0, 0.05) is 10.8 Å². The van der Waals surface area contributed by atoms with Gasteiger partial charge in [0.15, 0.2) is 5.75 Å². The minimum atomic E-state index is 0.116. The van der Waals surface area contributed by atoms with Crippen LogP contribution in [0.5, 0.6) is 5.75 Å². The van der Waals surface area contributed by atoms with E-state index in [0.717, 1.165) is 10.8 Å². The Bertz CT molecular complexity index is 1010. The summed E-state index contributed by atoms with van der Waals surface area (Å²) in [7, 11) is 0. The predicted octanol–water partition coefficient (Wildman–Crippen LogP) is 5.27. The predicted molar refractivity (Wildman–Crippen MR) is 78.1 cm³/mol. The Morgan fingerprint density at radius 2 is 1.32 bits per heavy atom. The van der Waals surface area contributed by atoms with E-state index >= 15 is 0 Å². The van der Waals surface area contributed by atoms with Gasteiger partial charge in [0.05, 0.1) is 0 Å². The maximum Gasteiger partial charge on any atom is 0.186 e. The topological polar surface area (TPSA) is 19.9 Å². The summed E-state index contributed by atoms with van der Waals surface area (Å²) in [6, 6.07) is 18.4. The zero-order valence-electron chi connectivity index (χ0n) is 10.1. The van der Waals surface area contributed by atoms with Gasteiger partial charge in [-0.2, -0.15) is 0 Å². The van der Waals surface area contributed by atoms with Gasteiger partial charge in [-0.25, -0.2) is 0 Å². The van der Waals surface area contributed by atoms with E-state index in [1.165, 1.54) is 32.7 Å². The van der Waals surface area contributed by atoms with E-state index in [-0.39, 0.29) is 5.75 Å². The van der Waals surface area contributed by atoms with E-state index in [4.69, 9.17) is 0 Å². The Balaban J connectivity index is 2.28. The van der Waals surface area contributed by atoms with Gasteiger partial charge in [0.2, 0.25) is 0 Å². The zero-order valence-corrected chi connectivity index (χ0v) is 10.1. The summed E-state index contributed by atoms with van der Waals surface area (Å²) in [6.07, 6.45) is 0. The zero-order chi connectivity index (χ0) is 12.6. The van der Waals surface area contributed by atoms with E-state index in [1.807, 2.05) is 12.1 Å². The second kappa shape index (κ2) is 2.89. The lowest BCUT2D eigenvalue weighted by molar-refractivity contribution is 0.360. The normalized spacial score (nSPS) is 12.4. The standard InChI is InChI=1S/C18H9O/c19-15-9-8-13-12-3-1-2-10-4-5-11-6-7-14(15)18(13)17(11)16(10)12/h1-9H. The van der Waals surface area contributed by atoms with E-state index in [1.54, 1.807) is 6.07 Å². The molecule has 1 heteroatoms. The highest BCUT2D eigenvalue weighted by atomic mass is 16.3. The fourth-order valence-corrected chi connectivity index (χ4v) is 3.46. The summed E-state index contributed by atoms with van der Waals surface area (Å²) in [4.78, 5) is 0. The summed E-state index contributed by atoms with van der Waals surface area (Å²) in [6.45, 7) is 0. The second-order valence-corrected chi connectivity index (χ2v) is 5.17. The third-order valence-corrected chi connectivity index (χ3v) is 4.25. The van der Waals surface area contributed by atoms with Crippen LogP contribution in [0.2, 0.25) is 0 Å². The van der Waals surface area contributed by atoms with Crippen molar-refractivity contribution in [2.75, 3.05) is 0 Å². The molecule has 1 radical (unpaired) electrons. The molecule has 0 bridgehead atoms. The van der Waals surface area contributed by atoms with E-state index in [9.17, 15) is 5.11 Å². The second-order valence-electron chi connectivity index (χ2n) is 5.17. The fourth-order valence-electron chi connectivity index (χ4n) is 3.46. The average Bonchev–Trinajstić information content (AvgIpc) is 2.79. The Morgan fingerprint density at radius 3 is 2.21 bits per heavy atom. The molecule has 0 saturated heterocycles. The molecule has 0 spiro atoms. The largest absolute Gasteiger partial charge is 0.289 e. The van der Waals surface area contributed by atoms with Crippen molar-refractivity contribution >= 4 is 32.3 Å². The lowest BCUT2D eigenvalue weighted by Gasteiger charge is -2.03. The van der Waals surface area contributed by atoms with Gasteiger partial charge in [0.25, 0.3) is 0 Å². The molecule has 1 aliphatic rings. The van der Waals surface area contributed by atoms with Crippen LogP contribution >= 0.6 is 0 Å². The van der Waals surface area contributed by atoms with Crippen LogP contribution in [0.1, 0.15) is 0 Å². The molecular formula is C18H9O. The van der Waals surface area contributed by atoms with Crippen molar-refractivity contribution < 1.29 is 5.11 Å². The molecule has 0 saturated carbocycles. The van der Waals surface area contributed by atoms with Crippen LogP contribution < -0.4 is 0 Å². The molecule has 4 aromatic carbocycles. The van der Waals surface area contributed by atoms with E-state index in [2.05, 4.69) is 36.4 Å². The molecule has 4 aromatic rings. The van der Waals surface area contributed by atoms with Crippen LogP contribution in [0.15, 0.2) is 54.6 Å². The Labute approximate surface area is 109 Å². The first-order chi connectivity index (χ1) is 9.34. The number of benzene rings is 4. The van der Waals surface area contributed by atoms with Gasteiger partial charge in [-0.3, -0.25) is 5.11 Å². The maximum atomic E-state index is 12.1. The molecule has 19 heavy (non-hydrogen) atoms. The van der Waals surface area contributed by atoms with Gasteiger partial charge >= 0.3 is 0 Å². The van der Waals surface area contributed by atoms with Crippen molar-refractivity contribution in [3.63, 3.8) is 0 Å².